The van der Waals surface area contributed by atoms with Crippen molar-refractivity contribution in [3.63, 3.8) is 0 Å². The number of carboxylic acids is 2. The summed E-state index contributed by atoms with van der Waals surface area (Å²) in [6.07, 6.45) is 1.09. The van der Waals surface area contributed by atoms with Gasteiger partial charge in [-0.3, -0.25) is 19.2 Å². The Labute approximate surface area is 176 Å². The number of thioether (sulfide) groups is 1. The average molecular weight is 455 g/mol. The first-order valence-corrected chi connectivity index (χ1v) is 10.4. The van der Waals surface area contributed by atoms with Crippen molar-refractivity contribution < 1.29 is 39.3 Å². The number of aliphatic hydroxyl groups excluding tert-OH is 1. The van der Waals surface area contributed by atoms with Crippen molar-refractivity contribution in [3.05, 3.63) is 0 Å². The quantitative estimate of drug-likeness (QED) is 0.125. The van der Waals surface area contributed by atoms with Crippen molar-refractivity contribution in [3.8, 4) is 0 Å². The summed E-state index contributed by atoms with van der Waals surface area (Å²) in [5.74, 6) is -5.15. The van der Waals surface area contributed by atoms with Crippen molar-refractivity contribution in [2.75, 3.05) is 24.4 Å². The topological polar surface area (TPSA) is 208 Å². The lowest BCUT2D eigenvalue weighted by atomic mass is 10.1. The van der Waals surface area contributed by atoms with Crippen LogP contribution in [0.5, 0.6) is 0 Å². The van der Waals surface area contributed by atoms with Gasteiger partial charge < -0.3 is 37.0 Å². The summed E-state index contributed by atoms with van der Waals surface area (Å²) in [5.41, 5.74) is 5.34. The molecular weight excluding hydrogens is 428 g/mol. The Morgan fingerprint density at radius 3 is 1.93 bits per heavy atom. The maximum atomic E-state index is 12.5. The number of nitrogens with two attached hydrogens (primary N) is 1. The molecule has 3 amide bonds. The fraction of sp³-hybridized carbons (Fsp3) is 0.667. The second-order valence-electron chi connectivity index (χ2n) is 5.87. The van der Waals surface area contributed by atoms with Crippen molar-refractivity contribution in [2.45, 2.75) is 37.0 Å². The first kappa shape index (κ1) is 27.0. The molecule has 0 saturated heterocycles. The zero-order valence-corrected chi connectivity index (χ0v) is 17.4. The predicted octanol–water partition coefficient (Wildman–Crippen LogP) is -3.00. The molecule has 29 heavy (non-hydrogen) atoms. The van der Waals surface area contributed by atoms with Gasteiger partial charge in [-0.15, -0.1) is 0 Å². The van der Waals surface area contributed by atoms with Crippen LogP contribution in [0.1, 0.15) is 12.8 Å². The summed E-state index contributed by atoms with van der Waals surface area (Å²) < 4.78 is 0. The van der Waals surface area contributed by atoms with Gasteiger partial charge in [0.15, 0.2) is 0 Å². The Kier molecular flexibility index (Phi) is 13.0. The zero-order valence-electron chi connectivity index (χ0n) is 15.7. The van der Waals surface area contributed by atoms with Gasteiger partial charge in [0.05, 0.1) is 13.0 Å². The van der Waals surface area contributed by atoms with Gasteiger partial charge in [0.25, 0.3) is 0 Å². The van der Waals surface area contributed by atoms with Gasteiger partial charge in [-0.25, -0.2) is 4.79 Å². The van der Waals surface area contributed by atoms with Crippen LogP contribution in [0.4, 0.5) is 0 Å². The highest BCUT2D eigenvalue weighted by atomic mass is 32.2. The van der Waals surface area contributed by atoms with E-state index in [2.05, 4.69) is 28.6 Å². The van der Waals surface area contributed by atoms with Gasteiger partial charge >= 0.3 is 11.9 Å². The molecule has 0 aliphatic rings. The van der Waals surface area contributed by atoms with Gasteiger partial charge in [0.1, 0.15) is 24.2 Å². The Morgan fingerprint density at radius 1 is 0.966 bits per heavy atom. The molecule has 0 saturated carbocycles. The fourth-order valence-electron chi connectivity index (χ4n) is 1.98. The van der Waals surface area contributed by atoms with Gasteiger partial charge in [0, 0.05) is 5.75 Å². The van der Waals surface area contributed by atoms with E-state index >= 15 is 0 Å². The molecule has 0 heterocycles. The molecule has 0 aromatic heterocycles. The number of aliphatic carboxylic acids is 2. The molecule has 0 radical (unpaired) electrons. The third-order valence-corrected chi connectivity index (χ3v) is 4.60. The number of carbonyl (C=O) groups is 5. The first-order chi connectivity index (χ1) is 13.6. The fourth-order valence-corrected chi connectivity index (χ4v) is 2.70. The third-order valence-electron chi connectivity index (χ3n) is 3.59. The van der Waals surface area contributed by atoms with Gasteiger partial charge in [0.2, 0.25) is 17.7 Å². The van der Waals surface area contributed by atoms with Crippen molar-refractivity contribution >= 4 is 54.1 Å². The average Bonchev–Trinajstić information content (AvgIpc) is 2.66. The molecule has 8 N–H and O–H groups in total. The first-order valence-electron chi connectivity index (χ1n) is 8.39. The summed E-state index contributed by atoms with van der Waals surface area (Å²) in [6.45, 7) is -0.716. The van der Waals surface area contributed by atoms with E-state index in [1.807, 2.05) is 0 Å². The molecule has 0 aromatic carbocycles. The third kappa shape index (κ3) is 10.3. The van der Waals surface area contributed by atoms with Crippen LogP contribution < -0.4 is 21.7 Å². The van der Waals surface area contributed by atoms with Crippen molar-refractivity contribution in [1.82, 2.24) is 16.0 Å². The van der Waals surface area contributed by atoms with E-state index in [9.17, 15) is 24.0 Å². The maximum absolute atomic E-state index is 12.5. The minimum Gasteiger partial charge on any atom is -0.481 e. The van der Waals surface area contributed by atoms with Gasteiger partial charge in [-0.05, 0) is 18.4 Å². The molecule has 4 atom stereocenters. The van der Waals surface area contributed by atoms with Crippen LogP contribution in [0.2, 0.25) is 0 Å². The lowest BCUT2D eigenvalue weighted by Crippen LogP contribution is -2.58. The SMILES string of the molecule is CSCCC(NC(=O)C(CC(=O)O)NC(=O)C(N)CO)C(=O)NC(CS)C(=O)O. The van der Waals surface area contributed by atoms with E-state index in [0.29, 0.717) is 5.75 Å². The van der Waals surface area contributed by atoms with E-state index in [1.54, 1.807) is 6.26 Å². The molecule has 0 fully saturated rings. The van der Waals surface area contributed by atoms with Crippen LogP contribution in [-0.2, 0) is 24.0 Å². The molecule has 166 valence electrons. The second kappa shape index (κ2) is 14.0. The zero-order chi connectivity index (χ0) is 22.6. The number of hydrogen-bond donors (Lipinski definition) is 8. The minimum atomic E-state index is -1.55. The Bertz CT molecular complexity index is 607. The second-order valence-corrected chi connectivity index (χ2v) is 7.22. The molecular formula is C15H26N4O8S2. The molecule has 0 rings (SSSR count). The van der Waals surface area contributed by atoms with Crippen LogP contribution in [0, 0.1) is 0 Å². The summed E-state index contributed by atoms with van der Waals surface area (Å²) in [4.78, 5) is 58.8. The summed E-state index contributed by atoms with van der Waals surface area (Å²) in [5, 5.41) is 33.6. The van der Waals surface area contributed by atoms with Gasteiger partial charge in [-0.1, -0.05) is 0 Å². The molecule has 0 aliphatic heterocycles. The monoisotopic (exact) mass is 454 g/mol. The molecule has 0 aliphatic carbocycles. The van der Waals surface area contributed by atoms with E-state index in [0.717, 1.165) is 0 Å². The summed E-state index contributed by atoms with van der Waals surface area (Å²) >= 11 is 5.21. The highest BCUT2D eigenvalue weighted by Gasteiger charge is 2.30. The number of carboxylic acid groups (broad SMARTS) is 2. The Balaban J connectivity index is 5.34. The van der Waals surface area contributed by atoms with E-state index < -0.39 is 66.9 Å². The number of aliphatic hydroxyl groups is 1. The number of hydrogen-bond acceptors (Lipinski definition) is 9. The molecule has 14 heteroatoms. The lowest BCUT2D eigenvalue weighted by molar-refractivity contribution is -0.142. The number of nitrogens with one attached hydrogen (secondary N) is 3. The largest absolute Gasteiger partial charge is 0.481 e. The standard InChI is InChI=1S/C15H26N4O8S2/c1-29-3-2-8(13(24)19-10(6-28)15(26)27)17-14(25)9(4-11(21)22)18-12(23)7(16)5-20/h7-10,20,28H,2-6,16H2,1H3,(H,17,25)(H,18,23)(H,19,24)(H,21,22)(H,26,27). The number of rotatable bonds is 14. The number of thiol groups is 1. The normalized spacial score (nSPS) is 14.8. The Hall–Kier alpha value is -2.03. The molecule has 0 aromatic rings. The summed E-state index contributed by atoms with van der Waals surface area (Å²) in [7, 11) is 0. The smallest absolute Gasteiger partial charge is 0.327 e. The van der Waals surface area contributed by atoms with E-state index in [-0.39, 0.29) is 12.2 Å². The minimum absolute atomic E-state index is 0.127. The lowest BCUT2D eigenvalue weighted by Gasteiger charge is -2.24. The number of amides is 3. The van der Waals surface area contributed by atoms with Crippen LogP contribution in [-0.4, -0.2) is 93.5 Å². The van der Waals surface area contributed by atoms with Crippen LogP contribution in [0.25, 0.3) is 0 Å². The molecule has 0 spiro atoms. The number of carbonyl (C=O) groups excluding carboxylic acids is 3. The van der Waals surface area contributed by atoms with E-state index in [4.69, 9.17) is 21.1 Å². The van der Waals surface area contributed by atoms with Gasteiger partial charge in [-0.2, -0.15) is 24.4 Å². The summed E-state index contributed by atoms with van der Waals surface area (Å²) in [6, 6.07) is -5.36. The van der Waals surface area contributed by atoms with Crippen LogP contribution in [0.3, 0.4) is 0 Å². The Morgan fingerprint density at radius 2 is 1.48 bits per heavy atom. The van der Waals surface area contributed by atoms with Crippen molar-refractivity contribution in [1.29, 1.82) is 0 Å². The molecule has 4 unspecified atom stereocenters. The highest BCUT2D eigenvalue weighted by Crippen LogP contribution is 2.04. The molecule has 12 nitrogen and oxygen atoms in total. The van der Waals surface area contributed by atoms with E-state index in [1.165, 1.54) is 11.8 Å². The highest BCUT2D eigenvalue weighted by molar-refractivity contribution is 7.98. The van der Waals surface area contributed by atoms with Crippen LogP contribution >= 0.6 is 24.4 Å². The molecule has 0 bridgehead atoms. The van der Waals surface area contributed by atoms with Crippen molar-refractivity contribution in [2.24, 2.45) is 5.73 Å². The van der Waals surface area contributed by atoms with Crippen LogP contribution in [0.15, 0.2) is 0 Å². The maximum Gasteiger partial charge on any atom is 0.327 e. The predicted molar refractivity (Wildman–Crippen MR) is 108 cm³/mol.